The average molecular weight is 303 g/mol. The van der Waals surface area contributed by atoms with Gasteiger partial charge >= 0.3 is 5.97 Å². The zero-order valence-corrected chi connectivity index (χ0v) is 13.5. The molecule has 2 fully saturated rings. The molecule has 2 atom stereocenters. The summed E-state index contributed by atoms with van der Waals surface area (Å²) in [5.74, 6) is -0.757. The number of rotatable bonds is 4. The third-order valence-corrected chi connectivity index (χ3v) is 5.38. The van der Waals surface area contributed by atoms with Crippen LogP contribution in [0, 0.1) is 6.92 Å². The summed E-state index contributed by atoms with van der Waals surface area (Å²) in [6.45, 7) is 7.68. The smallest absolute Gasteiger partial charge is 0.328 e. The van der Waals surface area contributed by atoms with Crippen molar-refractivity contribution >= 4 is 5.97 Å². The van der Waals surface area contributed by atoms with Crippen LogP contribution in [-0.2, 0) is 10.3 Å². The third-order valence-electron chi connectivity index (χ3n) is 5.38. The maximum absolute atomic E-state index is 12.2. The van der Waals surface area contributed by atoms with E-state index in [9.17, 15) is 9.90 Å². The summed E-state index contributed by atoms with van der Waals surface area (Å²) in [7, 11) is 0. The minimum absolute atomic E-state index is 0.512. The van der Waals surface area contributed by atoms with Crippen LogP contribution in [-0.4, -0.2) is 58.1 Å². The number of aliphatic carboxylic acids is 1. The van der Waals surface area contributed by atoms with Gasteiger partial charge in [0.25, 0.3) is 0 Å². The topological polar surface area (TPSA) is 56.7 Å². The van der Waals surface area contributed by atoms with Crippen LogP contribution >= 0.6 is 0 Å². The molecule has 0 aromatic carbocycles. The second-order valence-corrected chi connectivity index (χ2v) is 6.49. The lowest BCUT2D eigenvalue weighted by Crippen LogP contribution is -2.60. The van der Waals surface area contributed by atoms with Gasteiger partial charge in [-0.15, -0.1) is 0 Å². The summed E-state index contributed by atoms with van der Waals surface area (Å²) in [5.41, 5.74) is 0.773. The number of aromatic nitrogens is 1. The van der Waals surface area contributed by atoms with Gasteiger partial charge in [-0.05, 0) is 38.8 Å². The number of hydrogen-bond acceptors (Lipinski definition) is 4. The van der Waals surface area contributed by atoms with E-state index in [1.807, 2.05) is 26.0 Å². The number of piperazine rings is 1. The standard InChI is InChI=1S/C17H25N3O2/c1-3-17(16(21)22,14-7-6-13(2)18-11-14)20-10-9-19-8-4-5-15(19)12-20/h6-7,11,15H,3-5,8-10,12H2,1-2H3,(H,21,22)/t15-,17?/m1/s1. The van der Waals surface area contributed by atoms with E-state index in [4.69, 9.17) is 0 Å². The van der Waals surface area contributed by atoms with Crippen molar-refractivity contribution in [1.29, 1.82) is 0 Å². The largest absolute Gasteiger partial charge is 0.480 e. The van der Waals surface area contributed by atoms with Crippen LogP contribution in [0.25, 0.3) is 0 Å². The van der Waals surface area contributed by atoms with Crippen molar-refractivity contribution in [2.24, 2.45) is 0 Å². The molecular weight excluding hydrogens is 278 g/mol. The van der Waals surface area contributed by atoms with Crippen molar-refractivity contribution in [2.75, 3.05) is 26.2 Å². The summed E-state index contributed by atoms with van der Waals surface area (Å²) in [6.07, 6.45) is 4.71. The van der Waals surface area contributed by atoms with Gasteiger partial charge in [-0.2, -0.15) is 0 Å². The Hall–Kier alpha value is -1.46. The highest BCUT2D eigenvalue weighted by atomic mass is 16.4. The molecule has 0 spiro atoms. The Morgan fingerprint density at radius 2 is 2.23 bits per heavy atom. The molecule has 0 aliphatic carbocycles. The second kappa shape index (κ2) is 5.97. The highest BCUT2D eigenvalue weighted by Crippen LogP contribution is 2.36. The molecule has 0 radical (unpaired) electrons. The Balaban J connectivity index is 1.95. The predicted molar refractivity (Wildman–Crippen MR) is 84.7 cm³/mol. The summed E-state index contributed by atoms with van der Waals surface area (Å²) < 4.78 is 0. The molecule has 2 saturated heterocycles. The normalized spacial score (nSPS) is 25.6. The molecule has 22 heavy (non-hydrogen) atoms. The van der Waals surface area contributed by atoms with Crippen LogP contribution in [0.4, 0.5) is 0 Å². The monoisotopic (exact) mass is 303 g/mol. The molecule has 1 N–H and O–H groups in total. The maximum atomic E-state index is 12.2. The van der Waals surface area contributed by atoms with Crippen LogP contribution in [0.2, 0.25) is 0 Å². The molecule has 2 aliphatic heterocycles. The molecule has 0 amide bonds. The van der Waals surface area contributed by atoms with Crippen molar-refractivity contribution in [3.63, 3.8) is 0 Å². The van der Waals surface area contributed by atoms with E-state index in [-0.39, 0.29) is 0 Å². The van der Waals surface area contributed by atoms with Crippen molar-refractivity contribution < 1.29 is 9.90 Å². The van der Waals surface area contributed by atoms with E-state index in [1.165, 1.54) is 12.8 Å². The molecule has 0 bridgehead atoms. The fourth-order valence-electron chi connectivity index (χ4n) is 4.07. The lowest BCUT2D eigenvalue weighted by Gasteiger charge is -2.46. The predicted octanol–water partition coefficient (Wildman–Crippen LogP) is 1.86. The molecular formula is C17H25N3O2. The molecule has 5 nitrogen and oxygen atoms in total. The van der Waals surface area contributed by atoms with E-state index in [2.05, 4.69) is 14.8 Å². The first kappa shape index (κ1) is 15.4. The Labute approximate surface area is 131 Å². The molecule has 1 unspecified atom stereocenters. The van der Waals surface area contributed by atoms with Gasteiger partial charge in [-0.1, -0.05) is 13.0 Å². The molecule has 1 aromatic heterocycles. The average Bonchev–Trinajstić information content (AvgIpc) is 2.97. The Morgan fingerprint density at radius 1 is 1.41 bits per heavy atom. The summed E-state index contributed by atoms with van der Waals surface area (Å²) >= 11 is 0. The number of carbonyl (C=O) groups is 1. The highest BCUT2D eigenvalue weighted by Gasteiger charge is 2.47. The van der Waals surface area contributed by atoms with Crippen LogP contribution in [0.3, 0.4) is 0 Å². The lowest BCUT2D eigenvalue weighted by atomic mass is 9.85. The van der Waals surface area contributed by atoms with Gasteiger partial charge in [-0.3, -0.25) is 14.8 Å². The second-order valence-electron chi connectivity index (χ2n) is 6.49. The Morgan fingerprint density at radius 3 is 2.86 bits per heavy atom. The van der Waals surface area contributed by atoms with E-state index in [0.717, 1.165) is 37.4 Å². The number of aryl methyl sites for hydroxylation is 1. The summed E-state index contributed by atoms with van der Waals surface area (Å²) in [6, 6.07) is 4.35. The molecule has 3 rings (SSSR count). The number of nitrogens with zero attached hydrogens (tertiary/aromatic N) is 3. The van der Waals surface area contributed by atoms with Gasteiger partial charge in [0.1, 0.15) is 5.54 Å². The van der Waals surface area contributed by atoms with Crippen molar-refractivity contribution in [1.82, 2.24) is 14.8 Å². The van der Waals surface area contributed by atoms with Crippen molar-refractivity contribution in [2.45, 2.75) is 44.7 Å². The third kappa shape index (κ3) is 2.42. The number of hydrogen-bond donors (Lipinski definition) is 1. The van der Waals surface area contributed by atoms with Crippen molar-refractivity contribution in [3.8, 4) is 0 Å². The van der Waals surface area contributed by atoms with Gasteiger partial charge in [0.2, 0.25) is 0 Å². The number of carboxylic acids is 1. The van der Waals surface area contributed by atoms with Crippen molar-refractivity contribution in [3.05, 3.63) is 29.6 Å². The van der Waals surface area contributed by atoms with E-state index in [1.54, 1.807) is 6.20 Å². The number of fused-ring (bicyclic) bond motifs is 1. The van der Waals surface area contributed by atoms with Gasteiger partial charge < -0.3 is 5.11 Å². The highest BCUT2D eigenvalue weighted by molar-refractivity contribution is 5.80. The Kier molecular flexibility index (Phi) is 4.19. The minimum Gasteiger partial charge on any atom is -0.480 e. The van der Waals surface area contributed by atoms with Gasteiger partial charge in [-0.25, -0.2) is 4.79 Å². The molecule has 120 valence electrons. The summed E-state index contributed by atoms with van der Waals surface area (Å²) in [5, 5.41) is 10.1. The van der Waals surface area contributed by atoms with Crippen LogP contribution in [0.15, 0.2) is 18.3 Å². The fraction of sp³-hybridized carbons (Fsp3) is 0.647. The molecule has 0 saturated carbocycles. The molecule has 1 aromatic rings. The van der Waals surface area contributed by atoms with Gasteiger partial charge in [0.15, 0.2) is 0 Å². The quantitative estimate of drug-likeness (QED) is 0.920. The van der Waals surface area contributed by atoms with E-state index in [0.29, 0.717) is 12.5 Å². The zero-order chi connectivity index (χ0) is 15.7. The first-order valence-corrected chi connectivity index (χ1v) is 8.23. The molecule has 2 aliphatic rings. The molecule has 3 heterocycles. The van der Waals surface area contributed by atoms with Crippen LogP contribution < -0.4 is 0 Å². The first-order chi connectivity index (χ1) is 10.6. The number of carboxylic acid groups (broad SMARTS) is 1. The van der Waals surface area contributed by atoms with Crippen LogP contribution in [0.5, 0.6) is 0 Å². The first-order valence-electron chi connectivity index (χ1n) is 8.23. The van der Waals surface area contributed by atoms with Gasteiger partial charge in [0, 0.05) is 43.1 Å². The Bertz CT molecular complexity index is 545. The van der Waals surface area contributed by atoms with Crippen LogP contribution in [0.1, 0.15) is 37.4 Å². The van der Waals surface area contributed by atoms with E-state index >= 15 is 0 Å². The van der Waals surface area contributed by atoms with E-state index < -0.39 is 11.5 Å². The number of pyridine rings is 1. The summed E-state index contributed by atoms with van der Waals surface area (Å²) in [4.78, 5) is 21.3. The fourth-order valence-corrected chi connectivity index (χ4v) is 4.07. The molecule has 5 heteroatoms. The van der Waals surface area contributed by atoms with Gasteiger partial charge in [0.05, 0.1) is 0 Å². The SMILES string of the molecule is CCC(C(=O)O)(c1ccc(C)nc1)N1CCN2CCC[C@@H]2C1. The maximum Gasteiger partial charge on any atom is 0.328 e. The zero-order valence-electron chi connectivity index (χ0n) is 13.5. The lowest BCUT2D eigenvalue weighted by molar-refractivity contribution is -0.155. The minimum atomic E-state index is -0.949.